The molecule has 154 valence electrons. The highest BCUT2D eigenvalue weighted by molar-refractivity contribution is 7.89. The lowest BCUT2D eigenvalue weighted by atomic mass is 10.0. The van der Waals surface area contributed by atoms with Crippen molar-refractivity contribution in [1.82, 2.24) is 4.31 Å². The largest absolute Gasteiger partial charge is 0.379 e. The first-order valence-corrected chi connectivity index (χ1v) is 11.1. The zero-order chi connectivity index (χ0) is 20.9. The molecular weight excluding hydrogens is 388 g/mol. The Balaban J connectivity index is 1.61. The molecule has 3 rings (SSSR count). The van der Waals surface area contributed by atoms with Crippen LogP contribution in [0.1, 0.15) is 30.9 Å². The fourth-order valence-electron chi connectivity index (χ4n) is 2.99. The van der Waals surface area contributed by atoms with E-state index in [0.29, 0.717) is 32.2 Å². The molecule has 1 amide bonds. The van der Waals surface area contributed by atoms with Crippen molar-refractivity contribution in [3.63, 3.8) is 0 Å². The van der Waals surface area contributed by atoms with E-state index in [-0.39, 0.29) is 10.8 Å². The molecule has 0 saturated carbocycles. The third-order valence-corrected chi connectivity index (χ3v) is 6.67. The van der Waals surface area contributed by atoms with Crippen LogP contribution in [0.15, 0.2) is 59.5 Å². The van der Waals surface area contributed by atoms with Gasteiger partial charge in [-0.25, -0.2) is 8.42 Å². The summed E-state index contributed by atoms with van der Waals surface area (Å²) in [5, 5.41) is 2.82. The molecule has 1 aliphatic heterocycles. The van der Waals surface area contributed by atoms with Gasteiger partial charge < -0.3 is 10.1 Å². The highest BCUT2D eigenvalue weighted by Gasteiger charge is 2.25. The maximum atomic E-state index is 12.6. The number of nitrogens with one attached hydrogen (secondary N) is 1. The van der Waals surface area contributed by atoms with Crippen LogP contribution >= 0.6 is 0 Å². The molecule has 1 fully saturated rings. The number of benzene rings is 2. The van der Waals surface area contributed by atoms with E-state index in [1.54, 1.807) is 30.3 Å². The molecule has 2 aromatic carbocycles. The van der Waals surface area contributed by atoms with Gasteiger partial charge in [0.2, 0.25) is 15.9 Å². The zero-order valence-electron chi connectivity index (χ0n) is 16.7. The maximum Gasteiger partial charge on any atom is 0.248 e. The first-order valence-electron chi connectivity index (χ1n) is 9.63. The van der Waals surface area contributed by atoms with Crippen LogP contribution in [0.2, 0.25) is 0 Å². The molecular formula is C22H26N2O4S. The Kier molecular flexibility index (Phi) is 6.84. The molecule has 0 aliphatic carbocycles. The molecule has 6 nitrogen and oxygen atoms in total. The first-order chi connectivity index (χ1) is 13.9. The standard InChI is InChI=1S/C22H26N2O4S/c1-17(2)19-6-8-20(9-7-19)23-22(25)12-5-18-3-10-21(11-4-18)29(26,27)24-13-15-28-16-14-24/h3-12,17H,13-16H2,1-2H3,(H,23,25)/b12-5+. The van der Waals surface area contributed by atoms with E-state index < -0.39 is 10.0 Å². The quantitative estimate of drug-likeness (QED) is 0.735. The van der Waals surface area contributed by atoms with E-state index in [2.05, 4.69) is 19.2 Å². The van der Waals surface area contributed by atoms with E-state index in [9.17, 15) is 13.2 Å². The number of nitrogens with zero attached hydrogens (tertiary/aromatic N) is 1. The van der Waals surface area contributed by atoms with E-state index in [0.717, 1.165) is 11.3 Å². The Bertz CT molecular complexity index is 959. The van der Waals surface area contributed by atoms with Gasteiger partial charge in [-0.3, -0.25) is 4.79 Å². The summed E-state index contributed by atoms with van der Waals surface area (Å²) in [4.78, 5) is 12.4. The average molecular weight is 415 g/mol. The van der Waals surface area contributed by atoms with Gasteiger partial charge in [-0.15, -0.1) is 0 Å². The number of carbonyl (C=O) groups excluding carboxylic acids is 1. The van der Waals surface area contributed by atoms with Crippen molar-refractivity contribution >= 4 is 27.7 Å². The van der Waals surface area contributed by atoms with Gasteiger partial charge >= 0.3 is 0 Å². The number of rotatable bonds is 6. The minimum Gasteiger partial charge on any atom is -0.379 e. The average Bonchev–Trinajstić information content (AvgIpc) is 2.73. The van der Waals surface area contributed by atoms with Crippen LogP contribution in [-0.2, 0) is 19.6 Å². The normalized spacial score (nSPS) is 15.7. The molecule has 0 radical (unpaired) electrons. The lowest BCUT2D eigenvalue weighted by molar-refractivity contribution is -0.111. The lowest BCUT2D eigenvalue weighted by Crippen LogP contribution is -2.40. The number of ether oxygens (including phenoxy) is 1. The maximum absolute atomic E-state index is 12.6. The van der Waals surface area contributed by atoms with Gasteiger partial charge in [0, 0.05) is 24.9 Å². The minimum atomic E-state index is -3.51. The smallest absolute Gasteiger partial charge is 0.248 e. The summed E-state index contributed by atoms with van der Waals surface area (Å²) in [5.74, 6) is 0.196. The Morgan fingerprint density at radius 2 is 1.66 bits per heavy atom. The summed E-state index contributed by atoms with van der Waals surface area (Å²) in [6, 6.07) is 14.3. The van der Waals surface area contributed by atoms with Gasteiger partial charge in [0.1, 0.15) is 0 Å². The second-order valence-corrected chi connectivity index (χ2v) is 9.12. The van der Waals surface area contributed by atoms with Gasteiger partial charge in [-0.05, 0) is 47.4 Å². The van der Waals surface area contributed by atoms with Gasteiger partial charge in [0.25, 0.3) is 0 Å². The molecule has 7 heteroatoms. The number of hydrogen-bond acceptors (Lipinski definition) is 4. The van der Waals surface area contributed by atoms with Crippen LogP contribution in [-0.4, -0.2) is 44.9 Å². The fourth-order valence-corrected chi connectivity index (χ4v) is 4.40. The van der Waals surface area contributed by atoms with Gasteiger partial charge in [-0.1, -0.05) is 38.1 Å². The third kappa shape index (κ3) is 5.53. The summed E-state index contributed by atoms with van der Waals surface area (Å²) >= 11 is 0. The summed E-state index contributed by atoms with van der Waals surface area (Å²) in [6.45, 7) is 5.79. The van der Waals surface area contributed by atoms with Crippen molar-refractivity contribution in [2.24, 2.45) is 0 Å². The number of carbonyl (C=O) groups is 1. The van der Waals surface area contributed by atoms with Crippen molar-refractivity contribution in [2.45, 2.75) is 24.7 Å². The fraction of sp³-hybridized carbons (Fsp3) is 0.318. The highest BCUT2D eigenvalue weighted by Crippen LogP contribution is 2.19. The molecule has 0 atom stereocenters. The Morgan fingerprint density at radius 3 is 2.24 bits per heavy atom. The molecule has 1 heterocycles. The Morgan fingerprint density at radius 1 is 1.03 bits per heavy atom. The van der Waals surface area contributed by atoms with Crippen LogP contribution < -0.4 is 5.32 Å². The number of hydrogen-bond donors (Lipinski definition) is 1. The van der Waals surface area contributed by atoms with Crippen molar-refractivity contribution in [3.8, 4) is 0 Å². The van der Waals surface area contributed by atoms with Crippen LogP contribution in [0, 0.1) is 0 Å². The topological polar surface area (TPSA) is 75.7 Å². The van der Waals surface area contributed by atoms with E-state index >= 15 is 0 Å². The number of morpholine rings is 1. The predicted octanol–water partition coefficient (Wildman–Crippen LogP) is 3.48. The van der Waals surface area contributed by atoms with E-state index in [4.69, 9.17) is 4.74 Å². The zero-order valence-corrected chi connectivity index (χ0v) is 17.5. The van der Waals surface area contributed by atoms with Crippen LogP contribution in [0.5, 0.6) is 0 Å². The molecule has 0 unspecified atom stereocenters. The van der Waals surface area contributed by atoms with Crippen molar-refractivity contribution < 1.29 is 17.9 Å². The lowest BCUT2D eigenvalue weighted by Gasteiger charge is -2.26. The summed E-state index contributed by atoms with van der Waals surface area (Å²) in [6.07, 6.45) is 3.09. The third-order valence-electron chi connectivity index (χ3n) is 4.76. The SMILES string of the molecule is CC(C)c1ccc(NC(=O)/C=C/c2ccc(S(=O)(=O)N3CCOCC3)cc2)cc1. The van der Waals surface area contributed by atoms with Crippen LogP contribution in [0.3, 0.4) is 0 Å². The minimum absolute atomic E-state index is 0.242. The van der Waals surface area contributed by atoms with E-state index in [1.807, 2.05) is 24.3 Å². The molecule has 29 heavy (non-hydrogen) atoms. The Labute approximate surface area is 172 Å². The first kappa shape index (κ1) is 21.2. The van der Waals surface area contributed by atoms with Gasteiger partial charge in [0.05, 0.1) is 18.1 Å². The van der Waals surface area contributed by atoms with Crippen LogP contribution in [0.25, 0.3) is 6.08 Å². The molecule has 0 aromatic heterocycles. The van der Waals surface area contributed by atoms with Crippen molar-refractivity contribution in [2.75, 3.05) is 31.6 Å². The van der Waals surface area contributed by atoms with Crippen LogP contribution in [0.4, 0.5) is 5.69 Å². The predicted molar refractivity (Wildman–Crippen MR) is 114 cm³/mol. The van der Waals surface area contributed by atoms with Gasteiger partial charge in [-0.2, -0.15) is 4.31 Å². The van der Waals surface area contributed by atoms with Crippen molar-refractivity contribution in [3.05, 3.63) is 65.7 Å². The molecule has 1 N–H and O–H groups in total. The van der Waals surface area contributed by atoms with E-state index in [1.165, 1.54) is 15.9 Å². The second kappa shape index (κ2) is 9.35. The number of amides is 1. The summed E-state index contributed by atoms with van der Waals surface area (Å²) < 4.78 is 31.9. The molecule has 0 spiro atoms. The summed E-state index contributed by atoms with van der Waals surface area (Å²) in [5.41, 5.74) is 2.69. The number of anilines is 1. The highest BCUT2D eigenvalue weighted by atomic mass is 32.2. The molecule has 0 bridgehead atoms. The molecule has 1 aliphatic rings. The molecule has 2 aromatic rings. The number of sulfonamides is 1. The monoisotopic (exact) mass is 414 g/mol. The molecule has 1 saturated heterocycles. The Hall–Kier alpha value is -2.48. The van der Waals surface area contributed by atoms with Gasteiger partial charge in [0.15, 0.2) is 0 Å². The second-order valence-electron chi connectivity index (χ2n) is 7.18. The summed E-state index contributed by atoms with van der Waals surface area (Å²) in [7, 11) is -3.51. The van der Waals surface area contributed by atoms with Crippen molar-refractivity contribution in [1.29, 1.82) is 0 Å².